The van der Waals surface area contributed by atoms with Gasteiger partial charge in [-0.3, -0.25) is 9.11 Å². The van der Waals surface area contributed by atoms with E-state index in [-0.39, 0.29) is 6.10 Å². The Hall–Kier alpha value is -1.85. The Morgan fingerprint density at radius 1 is 0.732 bits per heavy atom. The van der Waals surface area contributed by atoms with E-state index >= 15 is 0 Å². The number of nitrogens with zero attached hydrogens (tertiary/aromatic N) is 2. The molecule has 0 aromatic heterocycles. The average molecular weight is 585 g/mol. The van der Waals surface area contributed by atoms with Crippen LogP contribution in [0.1, 0.15) is 68.1 Å². The topological polar surface area (TPSA) is 99.5 Å². The van der Waals surface area contributed by atoms with Crippen LogP contribution in [0.2, 0.25) is 0 Å². The molecular formula is C32H44N2O6S. The molecule has 7 rings (SSSR count). The molecule has 8 nitrogen and oxygen atoms in total. The Labute approximate surface area is 244 Å². The maximum atomic E-state index is 8.74. The van der Waals surface area contributed by atoms with Crippen LogP contribution in [-0.4, -0.2) is 83.9 Å². The van der Waals surface area contributed by atoms with Crippen molar-refractivity contribution in [3.63, 3.8) is 0 Å². The number of ether oxygens (including phenoxy) is 2. The molecular weight excluding hydrogens is 540 g/mol. The van der Waals surface area contributed by atoms with E-state index in [0.29, 0.717) is 36.4 Å². The van der Waals surface area contributed by atoms with Crippen LogP contribution in [0, 0.1) is 0 Å². The van der Waals surface area contributed by atoms with E-state index in [1.165, 1.54) is 42.4 Å². The van der Waals surface area contributed by atoms with Gasteiger partial charge in [-0.1, -0.05) is 54.6 Å². The van der Waals surface area contributed by atoms with Gasteiger partial charge < -0.3 is 19.3 Å². The second-order valence-electron chi connectivity index (χ2n) is 12.9. The Bertz CT molecular complexity index is 1270. The summed E-state index contributed by atoms with van der Waals surface area (Å²) < 4.78 is 46.3. The normalized spacial score (nSPS) is 36.8. The molecule has 0 amide bonds. The summed E-state index contributed by atoms with van der Waals surface area (Å²) in [6.07, 6.45) is 12.4. The minimum atomic E-state index is -4.67. The highest BCUT2D eigenvalue weighted by Gasteiger charge is 2.51. The van der Waals surface area contributed by atoms with Gasteiger partial charge in [-0.15, -0.1) is 0 Å². The van der Waals surface area contributed by atoms with Crippen LogP contribution in [0.25, 0.3) is 0 Å². The molecule has 6 unspecified atom stereocenters. The number of piperidine rings is 2. The van der Waals surface area contributed by atoms with Crippen LogP contribution >= 0.6 is 0 Å². The molecule has 2 aromatic carbocycles. The highest BCUT2D eigenvalue weighted by Crippen LogP contribution is 2.47. The van der Waals surface area contributed by atoms with Crippen LogP contribution in [0.4, 0.5) is 0 Å². The summed E-state index contributed by atoms with van der Waals surface area (Å²) in [7, 11) is -0.0240. The van der Waals surface area contributed by atoms with Gasteiger partial charge in [0.25, 0.3) is 0 Å². The average Bonchev–Trinajstić information content (AvgIpc) is 3.25. The lowest BCUT2D eigenvalue weighted by Crippen LogP contribution is -2.55. The molecule has 9 heteroatoms. The van der Waals surface area contributed by atoms with Gasteiger partial charge in [0.05, 0.1) is 18.3 Å². The Balaban J connectivity index is 0.000000559. The SMILES string of the molecule is CN1C2CCC1CC(OC1Cc3ccccc3CC1(OC1CC3CCC(C1)N3C)c1ccccc1)C2.O=S(=O)(O)O. The van der Waals surface area contributed by atoms with Crippen molar-refractivity contribution in [2.45, 2.75) is 112 Å². The first-order chi connectivity index (χ1) is 19.6. The van der Waals surface area contributed by atoms with Crippen LogP contribution in [-0.2, 0) is 38.3 Å². The van der Waals surface area contributed by atoms with Crippen molar-refractivity contribution < 1.29 is 27.0 Å². The van der Waals surface area contributed by atoms with Crippen molar-refractivity contribution in [1.29, 1.82) is 0 Å². The zero-order valence-electron chi connectivity index (χ0n) is 24.1. The van der Waals surface area contributed by atoms with Crippen LogP contribution < -0.4 is 0 Å². The van der Waals surface area contributed by atoms with Gasteiger partial charge in [-0.2, -0.15) is 8.42 Å². The molecule has 4 bridgehead atoms. The van der Waals surface area contributed by atoms with Gasteiger partial charge in [0, 0.05) is 37.0 Å². The van der Waals surface area contributed by atoms with E-state index in [4.69, 9.17) is 27.0 Å². The van der Waals surface area contributed by atoms with Gasteiger partial charge in [0.2, 0.25) is 0 Å². The lowest BCUT2D eigenvalue weighted by molar-refractivity contribution is -0.213. The molecule has 0 saturated carbocycles. The molecule has 6 atom stereocenters. The third kappa shape index (κ3) is 6.27. The first kappa shape index (κ1) is 29.2. The van der Waals surface area contributed by atoms with Crippen molar-refractivity contribution in [3.05, 3.63) is 71.3 Å². The third-order valence-electron chi connectivity index (χ3n) is 10.6. The number of rotatable bonds is 5. The molecule has 224 valence electrons. The van der Waals surface area contributed by atoms with Crippen LogP contribution in [0.15, 0.2) is 54.6 Å². The van der Waals surface area contributed by atoms with E-state index in [1.807, 2.05) is 0 Å². The zero-order chi connectivity index (χ0) is 28.8. The predicted octanol–water partition coefficient (Wildman–Crippen LogP) is 4.68. The van der Waals surface area contributed by atoms with E-state index in [9.17, 15) is 0 Å². The fourth-order valence-electron chi connectivity index (χ4n) is 8.50. The van der Waals surface area contributed by atoms with E-state index in [0.717, 1.165) is 38.5 Å². The quantitative estimate of drug-likeness (QED) is 0.489. The van der Waals surface area contributed by atoms with Crippen LogP contribution in [0.3, 0.4) is 0 Å². The highest BCUT2D eigenvalue weighted by atomic mass is 32.3. The van der Waals surface area contributed by atoms with Gasteiger partial charge in [0.1, 0.15) is 5.60 Å². The molecule has 0 spiro atoms. The fraction of sp³-hybridized carbons (Fsp3) is 0.625. The lowest BCUT2D eigenvalue weighted by Gasteiger charge is -2.50. The molecule has 4 heterocycles. The van der Waals surface area contributed by atoms with Crippen molar-refractivity contribution in [1.82, 2.24) is 9.80 Å². The van der Waals surface area contributed by atoms with Crippen molar-refractivity contribution in [3.8, 4) is 0 Å². The summed E-state index contributed by atoms with van der Waals surface area (Å²) in [5, 5.41) is 0. The molecule has 2 aromatic rings. The maximum Gasteiger partial charge on any atom is 0.394 e. The minimum absolute atomic E-state index is 0.0416. The highest BCUT2D eigenvalue weighted by molar-refractivity contribution is 7.79. The van der Waals surface area contributed by atoms with Gasteiger partial charge in [-0.25, -0.2) is 0 Å². The predicted molar refractivity (Wildman–Crippen MR) is 157 cm³/mol. The van der Waals surface area contributed by atoms with Crippen molar-refractivity contribution in [2.24, 2.45) is 0 Å². The second kappa shape index (κ2) is 11.7. The molecule has 4 aliphatic heterocycles. The Morgan fingerprint density at radius 3 is 1.73 bits per heavy atom. The summed E-state index contributed by atoms with van der Waals surface area (Å²) in [5.41, 5.74) is 3.74. The van der Waals surface area contributed by atoms with Gasteiger partial charge >= 0.3 is 10.4 Å². The molecule has 4 saturated heterocycles. The number of hydrogen-bond donors (Lipinski definition) is 2. The summed E-state index contributed by atoms with van der Waals surface area (Å²) in [6, 6.07) is 22.8. The molecule has 0 radical (unpaired) electrons. The summed E-state index contributed by atoms with van der Waals surface area (Å²) in [4.78, 5) is 5.23. The summed E-state index contributed by atoms with van der Waals surface area (Å²) in [5.74, 6) is 0. The smallest absolute Gasteiger partial charge is 0.371 e. The third-order valence-corrected chi connectivity index (χ3v) is 10.6. The number of fused-ring (bicyclic) bond motifs is 5. The standard InChI is InChI=1S/C32H42N2O2.H2O4S/c1-33-25-12-13-26(33)18-29(17-25)35-31-16-22-8-6-7-9-23(22)21-32(31,24-10-4-3-5-11-24)36-30-19-27-14-15-28(20-30)34(27)2;1-5(2,3)4/h3-11,25-31H,12-21H2,1-2H3;(H2,1,2,3,4). The minimum Gasteiger partial charge on any atom is -0.371 e. The molecule has 2 N–H and O–H groups in total. The summed E-state index contributed by atoms with van der Waals surface area (Å²) >= 11 is 0. The summed E-state index contributed by atoms with van der Waals surface area (Å²) in [6.45, 7) is 0. The second-order valence-corrected chi connectivity index (χ2v) is 13.8. The molecule has 41 heavy (non-hydrogen) atoms. The maximum absolute atomic E-state index is 8.74. The monoisotopic (exact) mass is 584 g/mol. The van der Waals surface area contributed by atoms with E-state index in [1.54, 1.807) is 0 Å². The molecule has 4 fully saturated rings. The lowest BCUT2D eigenvalue weighted by atomic mass is 9.73. The number of benzene rings is 2. The number of hydrogen-bond acceptors (Lipinski definition) is 6. The van der Waals surface area contributed by atoms with E-state index in [2.05, 4.69) is 78.5 Å². The van der Waals surface area contributed by atoms with Gasteiger partial charge in [-0.05, 0) is 82.2 Å². The largest absolute Gasteiger partial charge is 0.394 e. The fourth-order valence-corrected chi connectivity index (χ4v) is 8.50. The van der Waals surface area contributed by atoms with E-state index < -0.39 is 16.0 Å². The first-order valence-corrected chi connectivity index (χ1v) is 16.6. The first-order valence-electron chi connectivity index (χ1n) is 15.2. The Kier molecular flexibility index (Phi) is 8.33. The van der Waals surface area contributed by atoms with Crippen molar-refractivity contribution in [2.75, 3.05) is 14.1 Å². The molecule has 1 aliphatic carbocycles. The molecule has 5 aliphatic rings. The van der Waals surface area contributed by atoms with Crippen molar-refractivity contribution >= 4 is 10.4 Å². The van der Waals surface area contributed by atoms with Crippen LogP contribution in [0.5, 0.6) is 0 Å². The Morgan fingerprint density at radius 2 is 1.20 bits per heavy atom. The zero-order valence-corrected chi connectivity index (χ0v) is 25.0. The van der Waals surface area contributed by atoms with Gasteiger partial charge in [0.15, 0.2) is 0 Å².